The van der Waals surface area contributed by atoms with Gasteiger partial charge in [-0.25, -0.2) is 4.98 Å². The Morgan fingerprint density at radius 2 is 1.77 bits per heavy atom. The van der Waals surface area contributed by atoms with Gasteiger partial charge in [-0.05, 0) is 56.1 Å². The molecule has 0 spiro atoms. The highest BCUT2D eigenvalue weighted by molar-refractivity contribution is 9.10. The average Bonchev–Trinajstić information content (AvgIpc) is 3.12. The second-order valence-electron chi connectivity index (χ2n) is 6.08. The summed E-state index contributed by atoms with van der Waals surface area (Å²) in [7, 11) is 0. The first-order valence-corrected chi connectivity index (χ1v) is 9.94. The molecule has 0 radical (unpaired) electrons. The van der Waals surface area contributed by atoms with Crippen molar-refractivity contribution in [2.24, 2.45) is 0 Å². The third kappa shape index (κ3) is 3.97. The monoisotopic (exact) mass is 477 g/mol. The van der Waals surface area contributed by atoms with Crippen molar-refractivity contribution in [1.29, 1.82) is 0 Å². The molecule has 134 valence electrons. The smallest absolute Gasteiger partial charge is 0.248 e. The van der Waals surface area contributed by atoms with E-state index < -0.39 is 0 Å². The van der Waals surface area contributed by atoms with Crippen molar-refractivity contribution in [1.82, 2.24) is 20.1 Å². The van der Waals surface area contributed by atoms with E-state index >= 15 is 0 Å². The molecule has 0 amide bonds. The van der Waals surface area contributed by atoms with Gasteiger partial charge < -0.3 is 9.32 Å². The van der Waals surface area contributed by atoms with Crippen molar-refractivity contribution in [3.63, 3.8) is 0 Å². The van der Waals surface area contributed by atoms with Gasteiger partial charge in [-0.3, -0.25) is 4.90 Å². The topological polar surface area (TPSA) is 58.3 Å². The third-order valence-electron chi connectivity index (χ3n) is 4.34. The van der Waals surface area contributed by atoms with Gasteiger partial charge in [-0.1, -0.05) is 12.1 Å². The minimum atomic E-state index is 0.546. The van der Waals surface area contributed by atoms with Gasteiger partial charge in [0.05, 0.1) is 12.1 Å². The molecule has 1 saturated heterocycles. The quantitative estimate of drug-likeness (QED) is 0.565. The fourth-order valence-electron chi connectivity index (χ4n) is 2.94. The summed E-state index contributed by atoms with van der Waals surface area (Å²) in [5.41, 5.74) is 0.914. The molecule has 1 aromatic carbocycles. The summed E-state index contributed by atoms with van der Waals surface area (Å²) in [6, 6.07) is 11.9. The number of pyridine rings is 1. The number of anilines is 1. The first-order chi connectivity index (χ1) is 12.7. The average molecular weight is 479 g/mol. The van der Waals surface area contributed by atoms with Crippen LogP contribution in [-0.4, -0.2) is 46.3 Å². The van der Waals surface area contributed by atoms with Gasteiger partial charge in [0.15, 0.2) is 0 Å². The molecule has 4 rings (SSSR count). The van der Waals surface area contributed by atoms with Gasteiger partial charge in [0.2, 0.25) is 11.8 Å². The molecule has 0 N–H and O–H groups in total. The molecule has 1 fully saturated rings. The highest BCUT2D eigenvalue weighted by Gasteiger charge is 2.20. The maximum absolute atomic E-state index is 5.85. The van der Waals surface area contributed by atoms with Crippen molar-refractivity contribution >= 4 is 37.7 Å². The van der Waals surface area contributed by atoms with E-state index in [1.165, 1.54) is 0 Å². The highest BCUT2D eigenvalue weighted by Crippen LogP contribution is 2.27. The Labute approximate surface area is 168 Å². The Bertz CT molecular complexity index is 875. The fourth-order valence-corrected chi connectivity index (χ4v) is 3.63. The van der Waals surface area contributed by atoms with Crippen LogP contribution in [0.25, 0.3) is 11.5 Å². The molecule has 1 aliphatic heterocycles. The fraction of sp³-hybridized carbons (Fsp3) is 0.278. The molecular formula is C18H17Br2N5O. The van der Waals surface area contributed by atoms with Gasteiger partial charge in [0.1, 0.15) is 5.82 Å². The SMILES string of the molecule is Brc1ccc(N2CCN(Cc3nnc(-c4ccccc4Br)o3)CC2)nc1. The third-order valence-corrected chi connectivity index (χ3v) is 5.50. The van der Waals surface area contributed by atoms with Gasteiger partial charge in [-0.15, -0.1) is 10.2 Å². The number of hydrogen-bond acceptors (Lipinski definition) is 6. The predicted octanol–water partition coefficient (Wildman–Crippen LogP) is 3.98. The van der Waals surface area contributed by atoms with Crippen LogP contribution in [0.5, 0.6) is 0 Å². The lowest BCUT2D eigenvalue weighted by molar-refractivity contribution is 0.226. The first-order valence-electron chi connectivity index (χ1n) is 8.35. The van der Waals surface area contributed by atoms with Crippen LogP contribution in [0, 0.1) is 0 Å². The molecule has 0 unspecified atom stereocenters. The standard InChI is InChI=1S/C18H17Br2N5O/c19-13-5-6-16(21-11-13)25-9-7-24(8-10-25)12-17-22-23-18(26-17)14-3-1-2-4-15(14)20/h1-6,11H,7-10,12H2. The van der Waals surface area contributed by atoms with Crippen molar-refractivity contribution in [2.75, 3.05) is 31.1 Å². The minimum absolute atomic E-state index is 0.546. The summed E-state index contributed by atoms with van der Waals surface area (Å²) in [5, 5.41) is 8.39. The van der Waals surface area contributed by atoms with E-state index in [4.69, 9.17) is 4.42 Å². The van der Waals surface area contributed by atoms with Gasteiger partial charge in [0.25, 0.3) is 0 Å². The van der Waals surface area contributed by atoms with Crippen LogP contribution in [0.3, 0.4) is 0 Å². The summed E-state index contributed by atoms with van der Waals surface area (Å²) >= 11 is 6.95. The molecule has 0 saturated carbocycles. The minimum Gasteiger partial charge on any atom is -0.419 e. The largest absolute Gasteiger partial charge is 0.419 e. The molecule has 8 heteroatoms. The van der Waals surface area contributed by atoms with E-state index in [9.17, 15) is 0 Å². The number of rotatable bonds is 4. The van der Waals surface area contributed by atoms with Gasteiger partial charge >= 0.3 is 0 Å². The summed E-state index contributed by atoms with van der Waals surface area (Å²) in [6.45, 7) is 4.40. The Kier molecular flexibility index (Phi) is 5.33. The van der Waals surface area contributed by atoms with E-state index in [1.54, 1.807) is 0 Å². The van der Waals surface area contributed by atoms with Crippen molar-refractivity contribution in [2.45, 2.75) is 6.54 Å². The maximum Gasteiger partial charge on any atom is 0.248 e. The van der Waals surface area contributed by atoms with E-state index in [-0.39, 0.29) is 0 Å². The Morgan fingerprint density at radius 1 is 0.962 bits per heavy atom. The number of aromatic nitrogens is 3. The zero-order valence-electron chi connectivity index (χ0n) is 14.0. The number of benzene rings is 1. The normalized spacial score (nSPS) is 15.4. The maximum atomic E-state index is 5.85. The van der Waals surface area contributed by atoms with Gasteiger partial charge in [-0.2, -0.15) is 0 Å². The van der Waals surface area contributed by atoms with Crippen LogP contribution < -0.4 is 4.90 Å². The Hall–Kier alpha value is -1.77. The lowest BCUT2D eigenvalue weighted by Gasteiger charge is -2.34. The molecule has 3 aromatic rings. The molecule has 3 heterocycles. The number of hydrogen-bond donors (Lipinski definition) is 0. The zero-order chi connectivity index (χ0) is 17.9. The molecular weight excluding hydrogens is 462 g/mol. The van der Waals surface area contributed by atoms with E-state index in [2.05, 4.69) is 56.8 Å². The number of halogens is 2. The molecule has 0 bridgehead atoms. The summed E-state index contributed by atoms with van der Waals surface area (Å²) in [5.74, 6) is 2.21. The lowest BCUT2D eigenvalue weighted by Crippen LogP contribution is -2.46. The highest BCUT2D eigenvalue weighted by atomic mass is 79.9. The molecule has 6 nitrogen and oxygen atoms in total. The second-order valence-corrected chi connectivity index (χ2v) is 7.85. The summed E-state index contributed by atoms with van der Waals surface area (Å²) in [6.07, 6.45) is 1.84. The van der Waals surface area contributed by atoms with Crippen LogP contribution in [0.15, 0.2) is 56.0 Å². The summed E-state index contributed by atoms with van der Waals surface area (Å²) < 4.78 is 7.80. The Morgan fingerprint density at radius 3 is 2.50 bits per heavy atom. The zero-order valence-corrected chi connectivity index (χ0v) is 17.1. The first kappa shape index (κ1) is 17.6. The van der Waals surface area contributed by atoms with Crippen LogP contribution in [0.4, 0.5) is 5.82 Å². The van der Waals surface area contributed by atoms with Crippen LogP contribution >= 0.6 is 31.9 Å². The van der Waals surface area contributed by atoms with Crippen LogP contribution in [0.1, 0.15) is 5.89 Å². The molecule has 1 aliphatic rings. The number of piperazine rings is 1. The molecule has 0 aliphatic carbocycles. The molecule has 0 atom stereocenters. The lowest BCUT2D eigenvalue weighted by atomic mass is 10.2. The van der Waals surface area contributed by atoms with E-state index in [1.807, 2.05) is 42.6 Å². The van der Waals surface area contributed by atoms with Crippen LogP contribution in [0.2, 0.25) is 0 Å². The molecule has 26 heavy (non-hydrogen) atoms. The predicted molar refractivity (Wildman–Crippen MR) is 107 cm³/mol. The summed E-state index contributed by atoms with van der Waals surface area (Å²) in [4.78, 5) is 9.09. The van der Waals surface area contributed by atoms with Crippen LogP contribution in [-0.2, 0) is 6.54 Å². The van der Waals surface area contributed by atoms with Crippen molar-refractivity contribution in [3.8, 4) is 11.5 Å². The van der Waals surface area contributed by atoms with E-state index in [0.29, 0.717) is 18.3 Å². The Balaban J connectivity index is 1.36. The van der Waals surface area contributed by atoms with Gasteiger partial charge in [0, 0.05) is 41.3 Å². The van der Waals surface area contributed by atoms with Crippen molar-refractivity contribution < 1.29 is 4.42 Å². The van der Waals surface area contributed by atoms with Crippen molar-refractivity contribution in [3.05, 3.63) is 57.4 Å². The van der Waals surface area contributed by atoms with E-state index in [0.717, 1.165) is 46.5 Å². The molecule has 2 aromatic heterocycles. The second kappa shape index (κ2) is 7.85. The number of nitrogens with zero attached hydrogens (tertiary/aromatic N) is 5.